The summed E-state index contributed by atoms with van der Waals surface area (Å²) < 4.78 is 14.6. The molecule has 0 saturated heterocycles. The standard InChI is InChI=1S/C16H14FN3O2S/c1-10-7-14(21)20-13(9-23-16(20)19-10)5-6-18-15(22)11-3-2-4-12(17)8-11/h2-4,7-9H,5-6H2,1H3,(H,18,22). The summed E-state index contributed by atoms with van der Waals surface area (Å²) in [5.74, 6) is -0.792. The van der Waals surface area contributed by atoms with Crippen LogP contribution in [0.3, 0.4) is 0 Å². The lowest BCUT2D eigenvalue weighted by molar-refractivity contribution is 0.0953. The van der Waals surface area contributed by atoms with Crippen LogP contribution in [-0.2, 0) is 6.42 Å². The largest absolute Gasteiger partial charge is 0.352 e. The van der Waals surface area contributed by atoms with E-state index in [1.165, 1.54) is 35.6 Å². The summed E-state index contributed by atoms with van der Waals surface area (Å²) in [7, 11) is 0. The molecule has 0 aliphatic rings. The Balaban J connectivity index is 1.70. The Labute approximate surface area is 135 Å². The fourth-order valence-electron chi connectivity index (χ4n) is 2.29. The lowest BCUT2D eigenvalue weighted by Crippen LogP contribution is -2.26. The number of amides is 1. The van der Waals surface area contributed by atoms with Crippen LogP contribution in [0, 0.1) is 12.7 Å². The molecule has 2 heterocycles. The second-order valence-electron chi connectivity index (χ2n) is 5.10. The highest BCUT2D eigenvalue weighted by molar-refractivity contribution is 7.15. The molecule has 0 saturated carbocycles. The third-order valence-electron chi connectivity index (χ3n) is 3.36. The minimum absolute atomic E-state index is 0.125. The molecule has 1 aromatic carbocycles. The van der Waals surface area contributed by atoms with Crippen LogP contribution >= 0.6 is 11.3 Å². The first-order valence-electron chi connectivity index (χ1n) is 7.05. The van der Waals surface area contributed by atoms with E-state index in [4.69, 9.17) is 0 Å². The molecule has 0 atom stereocenters. The molecule has 0 aliphatic heterocycles. The Morgan fingerprint density at radius 2 is 2.22 bits per heavy atom. The minimum atomic E-state index is -0.450. The van der Waals surface area contributed by atoms with Gasteiger partial charge in [0, 0.05) is 41.4 Å². The van der Waals surface area contributed by atoms with Crippen molar-refractivity contribution in [2.24, 2.45) is 0 Å². The average molecular weight is 331 g/mol. The number of aromatic nitrogens is 2. The Morgan fingerprint density at radius 1 is 1.39 bits per heavy atom. The molecule has 0 bridgehead atoms. The van der Waals surface area contributed by atoms with Gasteiger partial charge in [-0.25, -0.2) is 9.37 Å². The maximum atomic E-state index is 13.1. The van der Waals surface area contributed by atoms with Crippen LogP contribution in [0.4, 0.5) is 4.39 Å². The molecule has 5 nitrogen and oxygen atoms in total. The van der Waals surface area contributed by atoms with E-state index in [1.54, 1.807) is 17.4 Å². The highest BCUT2D eigenvalue weighted by Gasteiger charge is 2.09. The molecule has 0 aliphatic carbocycles. The van der Waals surface area contributed by atoms with E-state index in [0.717, 1.165) is 5.69 Å². The van der Waals surface area contributed by atoms with Crippen molar-refractivity contribution in [2.75, 3.05) is 6.54 Å². The molecular formula is C16H14FN3O2S. The van der Waals surface area contributed by atoms with E-state index in [0.29, 0.717) is 23.6 Å². The second kappa shape index (κ2) is 6.29. The molecule has 0 unspecified atom stereocenters. The van der Waals surface area contributed by atoms with Crippen LogP contribution in [-0.4, -0.2) is 21.8 Å². The van der Waals surface area contributed by atoms with Crippen LogP contribution in [0.2, 0.25) is 0 Å². The zero-order valence-corrected chi connectivity index (χ0v) is 13.2. The van der Waals surface area contributed by atoms with Gasteiger partial charge in [0.1, 0.15) is 5.82 Å². The summed E-state index contributed by atoms with van der Waals surface area (Å²) in [6.45, 7) is 2.13. The van der Waals surface area contributed by atoms with Gasteiger partial charge in [0.25, 0.3) is 11.5 Å². The number of nitrogens with one attached hydrogen (secondary N) is 1. The van der Waals surface area contributed by atoms with Crippen LogP contribution in [0.25, 0.3) is 4.96 Å². The van der Waals surface area contributed by atoms with Crippen molar-refractivity contribution >= 4 is 22.2 Å². The Kier molecular flexibility index (Phi) is 4.20. The highest BCUT2D eigenvalue weighted by Crippen LogP contribution is 2.13. The number of nitrogens with zero attached hydrogens (tertiary/aromatic N) is 2. The van der Waals surface area contributed by atoms with Gasteiger partial charge >= 0.3 is 0 Å². The number of hydrogen-bond acceptors (Lipinski definition) is 4. The fourth-order valence-corrected chi connectivity index (χ4v) is 3.27. The molecule has 7 heteroatoms. The summed E-state index contributed by atoms with van der Waals surface area (Å²) in [5.41, 5.74) is 1.62. The molecule has 2 aromatic heterocycles. The highest BCUT2D eigenvalue weighted by atomic mass is 32.1. The van der Waals surface area contributed by atoms with Gasteiger partial charge < -0.3 is 5.32 Å². The molecule has 1 N–H and O–H groups in total. The molecule has 3 aromatic rings. The van der Waals surface area contributed by atoms with Gasteiger partial charge in [-0.05, 0) is 25.1 Å². The van der Waals surface area contributed by atoms with Crippen LogP contribution in [0.1, 0.15) is 21.7 Å². The molecule has 3 rings (SSSR count). The summed E-state index contributed by atoms with van der Waals surface area (Å²) in [6.07, 6.45) is 0.492. The summed E-state index contributed by atoms with van der Waals surface area (Å²) in [4.78, 5) is 28.9. The number of halogens is 1. The Morgan fingerprint density at radius 3 is 3.00 bits per heavy atom. The summed E-state index contributed by atoms with van der Waals surface area (Å²) in [6, 6.07) is 7.00. The van der Waals surface area contributed by atoms with Crippen molar-refractivity contribution in [3.05, 3.63) is 68.8 Å². The van der Waals surface area contributed by atoms with Crippen molar-refractivity contribution in [1.29, 1.82) is 0 Å². The van der Waals surface area contributed by atoms with E-state index in [9.17, 15) is 14.0 Å². The number of fused-ring (bicyclic) bond motifs is 1. The van der Waals surface area contributed by atoms with Crippen molar-refractivity contribution in [3.63, 3.8) is 0 Å². The first-order valence-corrected chi connectivity index (χ1v) is 7.93. The van der Waals surface area contributed by atoms with Crippen LogP contribution in [0.15, 0.2) is 40.5 Å². The van der Waals surface area contributed by atoms with Crippen LogP contribution in [0.5, 0.6) is 0 Å². The molecule has 0 radical (unpaired) electrons. The third-order valence-corrected chi connectivity index (χ3v) is 4.23. The quantitative estimate of drug-likeness (QED) is 0.797. The third kappa shape index (κ3) is 3.29. The van der Waals surface area contributed by atoms with Gasteiger partial charge in [-0.3, -0.25) is 14.0 Å². The van der Waals surface area contributed by atoms with Crippen molar-refractivity contribution < 1.29 is 9.18 Å². The van der Waals surface area contributed by atoms with Gasteiger partial charge in [-0.2, -0.15) is 0 Å². The maximum Gasteiger partial charge on any atom is 0.258 e. The SMILES string of the molecule is Cc1cc(=O)n2c(CCNC(=O)c3cccc(F)c3)csc2n1. The fraction of sp³-hybridized carbons (Fsp3) is 0.188. The lowest BCUT2D eigenvalue weighted by Gasteiger charge is -2.05. The topological polar surface area (TPSA) is 63.5 Å². The van der Waals surface area contributed by atoms with E-state index in [1.807, 2.05) is 5.38 Å². The number of aryl methyl sites for hydroxylation is 1. The lowest BCUT2D eigenvalue weighted by atomic mass is 10.2. The van der Waals surface area contributed by atoms with Crippen molar-refractivity contribution in [1.82, 2.24) is 14.7 Å². The molecular weight excluding hydrogens is 317 g/mol. The average Bonchev–Trinajstić information content (AvgIpc) is 2.90. The van der Waals surface area contributed by atoms with E-state index < -0.39 is 5.82 Å². The summed E-state index contributed by atoms with van der Waals surface area (Å²) in [5, 5.41) is 4.58. The van der Waals surface area contributed by atoms with Crippen LogP contribution < -0.4 is 10.9 Å². The Bertz CT molecular complexity index is 932. The number of hydrogen-bond donors (Lipinski definition) is 1. The number of rotatable bonds is 4. The molecule has 23 heavy (non-hydrogen) atoms. The van der Waals surface area contributed by atoms with E-state index in [-0.39, 0.29) is 17.0 Å². The van der Waals surface area contributed by atoms with Gasteiger partial charge in [0.05, 0.1) is 0 Å². The van der Waals surface area contributed by atoms with Gasteiger partial charge in [-0.1, -0.05) is 6.07 Å². The monoisotopic (exact) mass is 331 g/mol. The Hall–Kier alpha value is -2.54. The van der Waals surface area contributed by atoms with Gasteiger partial charge in [0.15, 0.2) is 4.96 Å². The normalized spacial score (nSPS) is 10.9. The number of thiazole rings is 1. The zero-order chi connectivity index (χ0) is 16.4. The summed E-state index contributed by atoms with van der Waals surface area (Å²) >= 11 is 1.39. The van der Waals surface area contributed by atoms with Crippen molar-refractivity contribution in [2.45, 2.75) is 13.3 Å². The van der Waals surface area contributed by atoms with E-state index >= 15 is 0 Å². The molecule has 0 spiro atoms. The predicted molar refractivity (Wildman–Crippen MR) is 86.5 cm³/mol. The molecule has 118 valence electrons. The van der Waals surface area contributed by atoms with Gasteiger partial charge in [0.2, 0.25) is 0 Å². The molecule has 0 fully saturated rings. The minimum Gasteiger partial charge on any atom is -0.352 e. The maximum absolute atomic E-state index is 13.1. The number of benzene rings is 1. The van der Waals surface area contributed by atoms with E-state index in [2.05, 4.69) is 10.3 Å². The number of carbonyl (C=O) groups is 1. The smallest absolute Gasteiger partial charge is 0.258 e. The number of carbonyl (C=O) groups excluding carboxylic acids is 1. The van der Waals surface area contributed by atoms with Gasteiger partial charge in [-0.15, -0.1) is 11.3 Å². The zero-order valence-electron chi connectivity index (χ0n) is 12.4. The molecule has 1 amide bonds. The predicted octanol–water partition coefficient (Wildman–Crippen LogP) is 2.18. The first kappa shape index (κ1) is 15.4. The second-order valence-corrected chi connectivity index (χ2v) is 5.93. The first-order chi connectivity index (χ1) is 11.0. The van der Waals surface area contributed by atoms with Crippen molar-refractivity contribution in [3.8, 4) is 0 Å².